The highest BCUT2D eigenvalue weighted by Crippen LogP contribution is 2.30. The minimum Gasteiger partial charge on any atom is -0.346 e. The fraction of sp³-hybridized carbons (Fsp3) is 0.320. The molecule has 0 radical (unpaired) electrons. The van der Waals surface area contributed by atoms with Crippen molar-refractivity contribution < 1.29 is 18.0 Å². The first-order valence-corrected chi connectivity index (χ1v) is 11.0. The predicted molar refractivity (Wildman–Crippen MR) is 124 cm³/mol. The molecule has 3 rings (SSSR count). The predicted octanol–water partition coefficient (Wildman–Crippen LogP) is 4.33. The first-order chi connectivity index (χ1) is 16.1. The van der Waals surface area contributed by atoms with Crippen LogP contribution in [0.1, 0.15) is 46.7 Å². The van der Waals surface area contributed by atoms with Crippen LogP contribution in [0, 0.1) is 6.92 Å². The molecule has 1 amide bonds. The number of aromatic nitrogens is 2. The van der Waals surface area contributed by atoms with Crippen LogP contribution in [0.3, 0.4) is 0 Å². The van der Waals surface area contributed by atoms with Crippen molar-refractivity contribution in [1.82, 2.24) is 20.0 Å². The van der Waals surface area contributed by atoms with Gasteiger partial charge in [0, 0.05) is 24.8 Å². The second-order valence-electron chi connectivity index (χ2n) is 7.92. The summed E-state index contributed by atoms with van der Waals surface area (Å²) in [6.07, 6.45) is -4.52. The van der Waals surface area contributed by atoms with E-state index in [0.29, 0.717) is 5.69 Å². The molecule has 3 aromatic rings. The largest absolute Gasteiger partial charge is 0.416 e. The Balaban J connectivity index is 1.76. The highest BCUT2D eigenvalue weighted by molar-refractivity contribution is 5.92. The highest BCUT2D eigenvalue weighted by atomic mass is 19.4. The number of halogens is 3. The van der Waals surface area contributed by atoms with E-state index in [1.165, 1.54) is 25.1 Å². The molecule has 0 atom stereocenters. The molecule has 0 aliphatic rings. The number of nitrogens with one attached hydrogen (secondary N) is 1. The molecule has 180 valence electrons. The maximum absolute atomic E-state index is 13.1. The molecule has 0 aliphatic carbocycles. The van der Waals surface area contributed by atoms with Crippen LogP contribution < -0.4 is 10.7 Å². The maximum Gasteiger partial charge on any atom is 0.416 e. The summed E-state index contributed by atoms with van der Waals surface area (Å²) in [5, 5.41) is 6.73. The van der Waals surface area contributed by atoms with E-state index in [2.05, 4.69) is 29.2 Å². The average Bonchev–Trinajstić information content (AvgIpc) is 2.81. The molecule has 0 aliphatic heterocycles. The summed E-state index contributed by atoms with van der Waals surface area (Å²) in [6, 6.07) is 13.5. The van der Waals surface area contributed by atoms with Crippen molar-refractivity contribution in [1.29, 1.82) is 0 Å². The van der Waals surface area contributed by atoms with Crippen LogP contribution in [0.5, 0.6) is 0 Å². The first kappa shape index (κ1) is 25.2. The lowest BCUT2D eigenvalue weighted by molar-refractivity contribution is -0.137. The fourth-order valence-electron chi connectivity index (χ4n) is 3.51. The molecule has 1 heterocycles. The zero-order valence-corrected chi connectivity index (χ0v) is 19.3. The minimum absolute atomic E-state index is 0.102. The number of carbonyl (C=O) groups excluding carboxylic acids is 1. The quantitative estimate of drug-likeness (QED) is 0.530. The summed E-state index contributed by atoms with van der Waals surface area (Å²) in [6.45, 7) is 8.67. The van der Waals surface area contributed by atoms with E-state index in [-0.39, 0.29) is 17.9 Å². The SMILES string of the molecule is CCN(CC)Cc1ccc(CNC(=O)c2nn(-c3cccc(C(F)(F)F)c3)c(C)cc2=O)cc1. The van der Waals surface area contributed by atoms with Gasteiger partial charge in [-0.3, -0.25) is 14.5 Å². The third kappa shape index (κ3) is 6.11. The van der Waals surface area contributed by atoms with Gasteiger partial charge in [0.15, 0.2) is 5.69 Å². The van der Waals surface area contributed by atoms with Gasteiger partial charge in [0.05, 0.1) is 11.3 Å². The molecule has 9 heteroatoms. The Labute approximate surface area is 196 Å². The summed E-state index contributed by atoms with van der Waals surface area (Å²) in [7, 11) is 0. The van der Waals surface area contributed by atoms with Gasteiger partial charge in [-0.25, -0.2) is 4.68 Å². The number of benzene rings is 2. The summed E-state index contributed by atoms with van der Waals surface area (Å²) in [5.74, 6) is -0.696. The van der Waals surface area contributed by atoms with Crippen molar-refractivity contribution in [2.24, 2.45) is 0 Å². The summed E-state index contributed by atoms with van der Waals surface area (Å²) >= 11 is 0. The van der Waals surface area contributed by atoms with Crippen LogP contribution >= 0.6 is 0 Å². The summed E-state index contributed by atoms with van der Waals surface area (Å²) in [5.41, 5.74) is 0.578. The molecule has 0 fully saturated rings. The molecular weight excluding hydrogens is 445 g/mol. The van der Waals surface area contributed by atoms with Crippen LogP contribution in [0.25, 0.3) is 5.69 Å². The number of nitrogens with zero attached hydrogens (tertiary/aromatic N) is 3. The van der Waals surface area contributed by atoms with Crippen LogP contribution in [-0.4, -0.2) is 33.7 Å². The summed E-state index contributed by atoms with van der Waals surface area (Å²) in [4.78, 5) is 27.3. The van der Waals surface area contributed by atoms with Gasteiger partial charge in [-0.15, -0.1) is 0 Å². The first-order valence-electron chi connectivity index (χ1n) is 11.0. The number of aryl methyl sites for hydroxylation is 1. The van der Waals surface area contributed by atoms with Crippen LogP contribution in [0.15, 0.2) is 59.4 Å². The summed E-state index contributed by atoms with van der Waals surface area (Å²) < 4.78 is 40.4. The molecule has 34 heavy (non-hydrogen) atoms. The maximum atomic E-state index is 13.1. The highest BCUT2D eigenvalue weighted by Gasteiger charge is 2.30. The van der Waals surface area contributed by atoms with Crippen molar-refractivity contribution in [3.63, 3.8) is 0 Å². The molecular formula is C25H27F3N4O2. The van der Waals surface area contributed by atoms with Crippen molar-refractivity contribution in [3.05, 3.63) is 92.9 Å². The molecule has 0 saturated carbocycles. The smallest absolute Gasteiger partial charge is 0.346 e. The molecule has 6 nitrogen and oxygen atoms in total. The fourth-order valence-corrected chi connectivity index (χ4v) is 3.51. The number of amides is 1. The van der Waals surface area contributed by atoms with E-state index in [9.17, 15) is 22.8 Å². The molecule has 1 N–H and O–H groups in total. The lowest BCUT2D eigenvalue weighted by Gasteiger charge is -2.18. The average molecular weight is 473 g/mol. The minimum atomic E-state index is -4.52. The second kappa shape index (κ2) is 10.6. The lowest BCUT2D eigenvalue weighted by Crippen LogP contribution is -2.31. The molecule has 1 aromatic heterocycles. The third-order valence-corrected chi connectivity index (χ3v) is 5.52. The zero-order chi connectivity index (χ0) is 24.9. The van der Waals surface area contributed by atoms with Gasteiger partial charge in [0.2, 0.25) is 5.43 Å². The van der Waals surface area contributed by atoms with Crippen LogP contribution in [-0.2, 0) is 19.3 Å². The third-order valence-electron chi connectivity index (χ3n) is 5.52. The molecule has 2 aromatic carbocycles. The van der Waals surface area contributed by atoms with Gasteiger partial charge in [0.25, 0.3) is 5.91 Å². The van der Waals surface area contributed by atoms with Gasteiger partial charge >= 0.3 is 6.18 Å². The van der Waals surface area contributed by atoms with Gasteiger partial charge in [-0.1, -0.05) is 44.2 Å². The van der Waals surface area contributed by atoms with Crippen molar-refractivity contribution in [2.75, 3.05) is 13.1 Å². The number of alkyl halides is 3. The normalized spacial score (nSPS) is 11.6. The van der Waals surface area contributed by atoms with Crippen molar-refractivity contribution >= 4 is 5.91 Å². The Hall–Kier alpha value is -3.46. The molecule has 0 spiro atoms. The molecule has 0 unspecified atom stereocenters. The Bertz CT molecular complexity index is 1200. The Kier molecular flexibility index (Phi) is 7.88. The number of hydrogen-bond acceptors (Lipinski definition) is 4. The van der Waals surface area contributed by atoms with Crippen molar-refractivity contribution in [3.8, 4) is 5.69 Å². The molecule has 0 bridgehead atoms. The standard InChI is InChI=1S/C25H27F3N4O2/c1-4-31(5-2)16-19-11-9-18(10-12-19)15-29-24(34)23-22(33)13-17(3)32(30-23)21-8-6-7-20(14-21)25(26,27)28/h6-14H,4-5,15-16H2,1-3H3,(H,29,34). The molecule has 0 saturated heterocycles. The van der Waals surface area contributed by atoms with Crippen LogP contribution in [0.4, 0.5) is 13.2 Å². The Morgan fingerprint density at radius 2 is 1.68 bits per heavy atom. The van der Waals surface area contributed by atoms with E-state index >= 15 is 0 Å². The van der Waals surface area contributed by atoms with Crippen molar-refractivity contribution in [2.45, 2.75) is 40.0 Å². The van der Waals surface area contributed by atoms with Crippen LogP contribution in [0.2, 0.25) is 0 Å². The van der Waals surface area contributed by atoms with E-state index in [1.807, 2.05) is 24.3 Å². The van der Waals surface area contributed by atoms with E-state index < -0.39 is 23.1 Å². The number of rotatable bonds is 8. The second-order valence-corrected chi connectivity index (χ2v) is 7.92. The topological polar surface area (TPSA) is 67.2 Å². The Morgan fingerprint density at radius 3 is 2.29 bits per heavy atom. The number of hydrogen-bond donors (Lipinski definition) is 1. The van der Waals surface area contributed by atoms with E-state index in [1.54, 1.807) is 0 Å². The van der Waals surface area contributed by atoms with E-state index in [0.717, 1.165) is 47.6 Å². The Morgan fingerprint density at radius 1 is 1.03 bits per heavy atom. The zero-order valence-electron chi connectivity index (χ0n) is 19.3. The lowest BCUT2D eigenvalue weighted by atomic mass is 10.1. The van der Waals surface area contributed by atoms with Gasteiger partial charge in [0.1, 0.15) is 0 Å². The van der Waals surface area contributed by atoms with E-state index in [4.69, 9.17) is 0 Å². The monoisotopic (exact) mass is 472 g/mol. The van der Waals surface area contributed by atoms with Gasteiger partial charge < -0.3 is 5.32 Å². The van der Waals surface area contributed by atoms with Gasteiger partial charge in [-0.05, 0) is 49.3 Å². The number of carbonyl (C=O) groups is 1. The van der Waals surface area contributed by atoms with Gasteiger partial charge in [-0.2, -0.15) is 18.3 Å².